The molecule has 84 valence electrons. The van der Waals surface area contributed by atoms with Gasteiger partial charge in [0, 0.05) is 0 Å². The summed E-state index contributed by atoms with van der Waals surface area (Å²) >= 11 is 0. The third-order valence-corrected chi connectivity index (χ3v) is 0.262. The van der Waals surface area contributed by atoms with Crippen LogP contribution in [0.4, 0.5) is 4.79 Å². The summed E-state index contributed by atoms with van der Waals surface area (Å²) in [7, 11) is 0. The van der Waals surface area contributed by atoms with Gasteiger partial charge in [0.25, 0.3) is 0 Å². The van der Waals surface area contributed by atoms with E-state index in [1.807, 2.05) is 0 Å². The molecule has 0 fully saturated rings. The minimum atomic E-state index is -1.75. The van der Waals surface area contributed by atoms with E-state index in [2.05, 4.69) is 11.7 Å². The summed E-state index contributed by atoms with van der Waals surface area (Å²) in [5, 5.41) is 29.5. The molecular formula is CH6N6O7Zn. The quantitative estimate of drug-likeness (QED) is 0.121. The van der Waals surface area contributed by atoms with Gasteiger partial charge in [0.1, 0.15) is 0 Å². The molecule has 0 saturated heterocycles. The predicted octanol–water partition coefficient (Wildman–Crippen LogP) is -2.45. The van der Waals surface area contributed by atoms with E-state index in [0.29, 0.717) is 0 Å². The molecule has 0 spiro atoms. The van der Waals surface area contributed by atoms with Gasteiger partial charge in [-0.1, -0.05) is 0 Å². The van der Waals surface area contributed by atoms with E-state index < -0.39 is 16.2 Å². The van der Waals surface area contributed by atoms with Crippen LogP contribution in [-0.4, -0.2) is 16.2 Å². The first kappa shape index (κ1) is 23.2. The maximum atomic E-state index is 9.71. The molecule has 0 aromatic heterocycles. The molecule has 0 radical (unpaired) electrons. The Morgan fingerprint density at radius 1 is 0.933 bits per heavy atom. The van der Waals surface area contributed by atoms with Gasteiger partial charge in [-0.2, -0.15) is 0 Å². The zero-order chi connectivity index (χ0) is 12.1. The zero-order valence-electron chi connectivity index (χ0n) is 7.11. The molecule has 15 heavy (non-hydrogen) atoms. The number of rotatable bonds is 0. The number of carbonyl (C=O) groups excluding carboxylic acids is 1. The van der Waals surface area contributed by atoms with Gasteiger partial charge in [-0.05, 0) is 0 Å². The summed E-state index contributed by atoms with van der Waals surface area (Å²) in [5.74, 6) is 9.08. The van der Waals surface area contributed by atoms with Crippen LogP contribution in [0.3, 0.4) is 0 Å². The van der Waals surface area contributed by atoms with Crippen molar-refractivity contribution in [3.63, 3.8) is 0 Å². The van der Waals surface area contributed by atoms with Crippen LogP contribution in [0.1, 0.15) is 0 Å². The molecule has 0 rings (SSSR count). The Morgan fingerprint density at radius 3 is 1.07 bits per heavy atom. The smallest absolute Gasteiger partial charge is 0.356 e. The monoisotopic (exact) mass is 278 g/mol. The summed E-state index contributed by atoms with van der Waals surface area (Å²) < 4.78 is 0. The van der Waals surface area contributed by atoms with Gasteiger partial charge in [-0.15, -0.1) is 0 Å². The second-order valence-corrected chi connectivity index (χ2v) is 1.07. The van der Waals surface area contributed by atoms with E-state index in [0.717, 1.165) is 0 Å². The molecule has 0 heterocycles. The molecule has 14 heteroatoms. The maximum absolute atomic E-state index is 9.71. The Balaban J connectivity index is -0.0000000606. The van der Waals surface area contributed by atoms with Gasteiger partial charge < -0.3 is 30.6 Å². The summed E-state index contributed by atoms with van der Waals surface area (Å²) in [6.07, 6.45) is 0. The summed E-state index contributed by atoms with van der Waals surface area (Å²) in [6, 6.07) is -0.602. The molecule has 0 aromatic carbocycles. The van der Waals surface area contributed by atoms with Gasteiger partial charge in [-0.3, -0.25) is 10.9 Å². The maximum Gasteiger partial charge on any atom is 2.00 e. The van der Waals surface area contributed by atoms with Gasteiger partial charge >= 0.3 is 25.5 Å². The van der Waals surface area contributed by atoms with Crippen LogP contribution >= 0.6 is 0 Å². The van der Waals surface area contributed by atoms with Crippen molar-refractivity contribution in [1.29, 1.82) is 0 Å². The molecule has 0 saturated carbocycles. The fourth-order valence-electron chi connectivity index (χ4n) is 0.0417. The fraction of sp³-hybridized carbons (Fsp3) is 0. The largest absolute Gasteiger partial charge is 2.00 e. The topological polar surface area (TPSA) is 226 Å². The van der Waals surface area contributed by atoms with Crippen molar-refractivity contribution in [2.45, 2.75) is 0 Å². The fourth-order valence-corrected chi connectivity index (χ4v) is 0.0417. The van der Waals surface area contributed by atoms with Crippen LogP contribution in [0.2, 0.25) is 0 Å². The molecule has 0 atom stereocenters. The summed E-state index contributed by atoms with van der Waals surface area (Å²) in [6.45, 7) is 0. The standard InChI is InChI=1S/CH6N4O.2NO3.Zn/c2-4-1(6)5-3;2*2-1(3)4;/h2-3H2,(H2,4,5,6);;;/q;2*-1;+2. The first-order chi connectivity index (χ1) is 6.27. The van der Waals surface area contributed by atoms with E-state index >= 15 is 0 Å². The number of nitrogens with two attached hydrogens (primary N) is 2. The number of hydrazine groups is 2. The Labute approximate surface area is 94.3 Å². The van der Waals surface area contributed by atoms with Gasteiger partial charge in [0.2, 0.25) is 0 Å². The summed E-state index contributed by atoms with van der Waals surface area (Å²) in [4.78, 5) is 26.2. The number of amides is 2. The Hall–Kier alpha value is -1.79. The average molecular weight is 279 g/mol. The van der Waals surface area contributed by atoms with E-state index in [1.54, 1.807) is 10.9 Å². The SMILES string of the molecule is NNC(=O)NN.O=[N+]([O-])[O-].O=[N+]([O-])[O-].[Zn+2]. The van der Waals surface area contributed by atoms with Gasteiger partial charge in [0.05, 0.1) is 10.2 Å². The van der Waals surface area contributed by atoms with E-state index in [1.165, 1.54) is 0 Å². The van der Waals surface area contributed by atoms with Crippen LogP contribution in [-0.2, 0) is 19.5 Å². The van der Waals surface area contributed by atoms with Crippen molar-refractivity contribution in [2.75, 3.05) is 0 Å². The number of carbonyl (C=O) groups is 1. The Morgan fingerprint density at radius 2 is 1.07 bits per heavy atom. The van der Waals surface area contributed by atoms with Crippen molar-refractivity contribution in [3.8, 4) is 0 Å². The predicted molar refractivity (Wildman–Crippen MR) is 40.8 cm³/mol. The molecule has 0 aliphatic carbocycles. The van der Waals surface area contributed by atoms with Gasteiger partial charge in [-0.25, -0.2) is 16.5 Å². The normalized spacial score (nSPS) is 6.00. The zero-order valence-corrected chi connectivity index (χ0v) is 10.1. The van der Waals surface area contributed by atoms with Gasteiger partial charge in [0.15, 0.2) is 0 Å². The number of urea groups is 1. The van der Waals surface area contributed by atoms with Crippen molar-refractivity contribution in [2.24, 2.45) is 11.7 Å². The van der Waals surface area contributed by atoms with Crippen LogP contribution in [0.25, 0.3) is 0 Å². The first-order valence-corrected chi connectivity index (χ1v) is 2.38. The molecule has 0 unspecified atom stereocenters. The van der Waals surface area contributed by atoms with E-state index in [9.17, 15) is 4.79 Å². The van der Waals surface area contributed by atoms with Crippen molar-refractivity contribution < 1.29 is 34.4 Å². The molecule has 6 N–H and O–H groups in total. The van der Waals surface area contributed by atoms with Crippen LogP contribution < -0.4 is 22.5 Å². The van der Waals surface area contributed by atoms with Crippen molar-refractivity contribution in [3.05, 3.63) is 30.6 Å². The molecule has 2 amide bonds. The molecular weight excluding hydrogens is 273 g/mol. The molecule has 13 nitrogen and oxygen atoms in total. The number of hydrogen-bond acceptors (Lipinski definition) is 9. The number of nitrogens with one attached hydrogen (secondary N) is 2. The molecule has 0 aliphatic heterocycles. The number of nitrogens with zero attached hydrogens (tertiary/aromatic N) is 2. The van der Waals surface area contributed by atoms with Crippen molar-refractivity contribution in [1.82, 2.24) is 10.9 Å². The minimum Gasteiger partial charge on any atom is -0.356 e. The second-order valence-electron chi connectivity index (χ2n) is 1.07. The first-order valence-electron chi connectivity index (χ1n) is 2.38. The van der Waals surface area contributed by atoms with Crippen molar-refractivity contribution >= 4 is 6.03 Å². The Kier molecular flexibility index (Phi) is 28.0. The van der Waals surface area contributed by atoms with E-state index in [4.69, 9.17) is 30.6 Å². The van der Waals surface area contributed by atoms with E-state index in [-0.39, 0.29) is 19.5 Å². The molecule has 0 aromatic rings. The second kappa shape index (κ2) is 18.1. The number of hydrogen-bond donors (Lipinski definition) is 4. The molecule has 0 aliphatic rings. The Bertz CT molecular complexity index is 158. The van der Waals surface area contributed by atoms with Crippen LogP contribution in [0.15, 0.2) is 0 Å². The minimum absolute atomic E-state index is 0. The van der Waals surface area contributed by atoms with Crippen LogP contribution in [0.5, 0.6) is 0 Å². The molecule has 0 bridgehead atoms. The average Bonchev–Trinajstić information content (AvgIpc) is 2.01. The third kappa shape index (κ3) is 260. The summed E-state index contributed by atoms with van der Waals surface area (Å²) in [5.41, 5.74) is 3.48. The van der Waals surface area contributed by atoms with Crippen LogP contribution in [0, 0.1) is 30.6 Å². The third-order valence-electron chi connectivity index (χ3n) is 0.262.